The summed E-state index contributed by atoms with van der Waals surface area (Å²) < 4.78 is 3.22. The van der Waals surface area contributed by atoms with Crippen molar-refractivity contribution in [1.29, 1.82) is 0 Å². The lowest BCUT2D eigenvalue weighted by atomic mass is 10.0. The number of aromatic nitrogens is 2. The van der Waals surface area contributed by atoms with Gasteiger partial charge in [-0.25, -0.2) is 0 Å². The molecule has 1 aromatic carbocycles. The van der Waals surface area contributed by atoms with Gasteiger partial charge in [-0.1, -0.05) is 37.3 Å². The van der Waals surface area contributed by atoms with Gasteiger partial charge in [-0.2, -0.15) is 5.10 Å². The Hall–Kier alpha value is -1.13. The van der Waals surface area contributed by atoms with E-state index in [0.29, 0.717) is 0 Å². The molecule has 2 aromatic rings. The van der Waals surface area contributed by atoms with Gasteiger partial charge in [-0.3, -0.25) is 4.68 Å². The van der Waals surface area contributed by atoms with Gasteiger partial charge < -0.3 is 5.73 Å². The lowest BCUT2D eigenvalue weighted by Crippen LogP contribution is -2.25. The third-order valence-corrected chi connectivity index (χ3v) is 4.71. The zero-order valence-corrected chi connectivity index (χ0v) is 14.4. The van der Waals surface area contributed by atoms with Crippen LogP contribution in [-0.2, 0) is 25.8 Å². The highest BCUT2D eigenvalue weighted by Crippen LogP contribution is 2.24. The van der Waals surface area contributed by atoms with Crippen molar-refractivity contribution in [3.8, 4) is 0 Å². The highest BCUT2D eigenvalue weighted by Gasteiger charge is 2.16. The molecule has 0 aliphatic heterocycles. The first-order chi connectivity index (χ1) is 10.2. The van der Waals surface area contributed by atoms with Crippen LogP contribution < -0.4 is 5.73 Å². The molecule has 0 radical (unpaired) electrons. The summed E-state index contributed by atoms with van der Waals surface area (Å²) in [6, 6.07) is 10.7. The van der Waals surface area contributed by atoms with Crippen LogP contribution in [0.2, 0.25) is 0 Å². The number of aryl methyl sites for hydroxylation is 3. The predicted molar refractivity (Wildman–Crippen MR) is 91.4 cm³/mol. The molecule has 0 amide bonds. The fraction of sp³-hybridized carbons (Fsp3) is 0.471. The van der Waals surface area contributed by atoms with Crippen molar-refractivity contribution in [2.75, 3.05) is 0 Å². The van der Waals surface area contributed by atoms with E-state index in [4.69, 9.17) is 5.73 Å². The molecule has 0 saturated carbocycles. The zero-order valence-electron chi connectivity index (χ0n) is 12.8. The van der Waals surface area contributed by atoms with E-state index in [0.717, 1.165) is 42.4 Å². The van der Waals surface area contributed by atoms with Crippen LogP contribution in [0.25, 0.3) is 0 Å². The first-order valence-corrected chi connectivity index (χ1v) is 8.48. The van der Waals surface area contributed by atoms with Crippen LogP contribution in [0.3, 0.4) is 0 Å². The molecule has 2 rings (SSSR count). The van der Waals surface area contributed by atoms with E-state index in [-0.39, 0.29) is 6.04 Å². The molecule has 21 heavy (non-hydrogen) atoms. The summed E-state index contributed by atoms with van der Waals surface area (Å²) in [7, 11) is 0. The smallest absolute Gasteiger partial charge is 0.0766 e. The van der Waals surface area contributed by atoms with Crippen molar-refractivity contribution >= 4 is 15.9 Å². The number of benzene rings is 1. The average Bonchev–Trinajstić information content (AvgIpc) is 2.82. The molecule has 0 aliphatic rings. The molecule has 4 heteroatoms. The van der Waals surface area contributed by atoms with Crippen LogP contribution in [0.15, 0.2) is 34.8 Å². The summed E-state index contributed by atoms with van der Waals surface area (Å²) in [5.74, 6) is 0. The van der Waals surface area contributed by atoms with Crippen LogP contribution >= 0.6 is 15.9 Å². The maximum atomic E-state index is 6.33. The molecule has 0 spiro atoms. The van der Waals surface area contributed by atoms with Crippen LogP contribution in [0.1, 0.15) is 37.2 Å². The van der Waals surface area contributed by atoms with Crippen LogP contribution in [0.4, 0.5) is 0 Å². The Kier molecular flexibility index (Phi) is 6.00. The van der Waals surface area contributed by atoms with Crippen LogP contribution in [0, 0.1) is 0 Å². The summed E-state index contributed by atoms with van der Waals surface area (Å²) in [4.78, 5) is 0. The first kappa shape index (κ1) is 16.2. The van der Waals surface area contributed by atoms with Gasteiger partial charge in [0.15, 0.2) is 0 Å². The number of rotatable bonds is 7. The van der Waals surface area contributed by atoms with Gasteiger partial charge in [0.25, 0.3) is 0 Å². The van der Waals surface area contributed by atoms with E-state index in [1.807, 2.05) is 6.07 Å². The molecule has 1 aromatic heterocycles. The lowest BCUT2D eigenvalue weighted by molar-refractivity contribution is 0.552. The molecule has 1 atom stereocenters. The second-order valence-corrected chi connectivity index (χ2v) is 6.16. The Morgan fingerprint density at radius 1 is 1.24 bits per heavy atom. The quantitative estimate of drug-likeness (QED) is 0.827. The van der Waals surface area contributed by atoms with Crippen molar-refractivity contribution in [2.24, 2.45) is 5.73 Å². The van der Waals surface area contributed by atoms with Gasteiger partial charge >= 0.3 is 0 Å². The number of hydrogen-bond donors (Lipinski definition) is 1. The van der Waals surface area contributed by atoms with Gasteiger partial charge in [0.1, 0.15) is 0 Å². The highest BCUT2D eigenvalue weighted by molar-refractivity contribution is 9.10. The maximum Gasteiger partial charge on any atom is 0.0766 e. The normalized spacial score (nSPS) is 12.6. The van der Waals surface area contributed by atoms with Gasteiger partial charge in [0, 0.05) is 19.0 Å². The standard InChI is InChI=1S/C17H24BrN3/c1-3-15-17(18)16(21(4-2)20-15)12-14(19)11-10-13-8-6-5-7-9-13/h5-9,14H,3-4,10-12,19H2,1-2H3. The van der Waals surface area contributed by atoms with Crippen molar-refractivity contribution in [2.45, 2.75) is 52.1 Å². The van der Waals surface area contributed by atoms with Crippen molar-refractivity contribution in [3.05, 3.63) is 51.8 Å². The maximum absolute atomic E-state index is 6.33. The van der Waals surface area contributed by atoms with Crippen molar-refractivity contribution in [1.82, 2.24) is 9.78 Å². The number of halogens is 1. The number of nitrogens with zero attached hydrogens (tertiary/aromatic N) is 2. The van der Waals surface area contributed by atoms with Gasteiger partial charge in [0.05, 0.1) is 15.9 Å². The summed E-state index contributed by atoms with van der Waals surface area (Å²) in [5.41, 5.74) is 10.0. The van der Waals surface area contributed by atoms with E-state index in [2.05, 4.69) is 63.8 Å². The Labute approximate surface area is 135 Å². The molecular weight excluding hydrogens is 326 g/mol. The highest BCUT2D eigenvalue weighted by atomic mass is 79.9. The van der Waals surface area contributed by atoms with E-state index < -0.39 is 0 Å². The molecule has 0 bridgehead atoms. The molecule has 1 unspecified atom stereocenters. The largest absolute Gasteiger partial charge is 0.327 e. The molecule has 0 aliphatic carbocycles. The second-order valence-electron chi connectivity index (χ2n) is 5.37. The molecular formula is C17H24BrN3. The monoisotopic (exact) mass is 349 g/mol. The lowest BCUT2D eigenvalue weighted by Gasteiger charge is -2.13. The van der Waals surface area contributed by atoms with Crippen molar-refractivity contribution < 1.29 is 0 Å². The van der Waals surface area contributed by atoms with E-state index >= 15 is 0 Å². The molecule has 114 valence electrons. The zero-order chi connectivity index (χ0) is 15.2. The molecule has 1 heterocycles. The summed E-state index contributed by atoms with van der Waals surface area (Å²) in [6.07, 6.45) is 3.83. The summed E-state index contributed by atoms with van der Waals surface area (Å²) in [5, 5.41) is 4.63. The summed E-state index contributed by atoms with van der Waals surface area (Å²) >= 11 is 3.69. The first-order valence-electron chi connectivity index (χ1n) is 7.69. The van der Waals surface area contributed by atoms with E-state index in [9.17, 15) is 0 Å². The van der Waals surface area contributed by atoms with E-state index in [1.165, 1.54) is 11.3 Å². The van der Waals surface area contributed by atoms with Gasteiger partial charge in [0.2, 0.25) is 0 Å². The predicted octanol–water partition coefficient (Wildman–Crippen LogP) is 3.73. The van der Waals surface area contributed by atoms with Crippen LogP contribution in [0.5, 0.6) is 0 Å². The Morgan fingerprint density at radius 3 is 2.57 bits per heavy atom. The fourth-order valence-electron chi connectivity index (χ4n) is 2.56. The summed E-state index contributed by atoms with van der Waals surface area (Å²) in [6.45, 7) is 5.14. The molecule has 3 nitrogen and oxygen atoms in total. The van der Waals surface area contributed by atoms with E-state index in [1.54, 1.807) is 0 Å². The van der Waals surface area contributed by atoms with Gasteiger partial charge in [-0.05, 0) is 47.7 Å². The van der Waals surface area contributed by atoms with Crippen molar-refractivity contribution in [3.63, 3.8) is 0 Å². The average molecular weight is 350 g/mol. The minimum Gasteiger partial charge on any atom is -0.327 e. The third-order valence-electron chi connectivity index (χ3n) is 3.80. The molecule has 2 N–H and O–H groups in total. The number of hydrogen-bond acceptors (Lipinski definition) is 2. The second kappa shape index (κ2) is 7.76. The Bertz CT molecular complexity index is 563. The Morgan fingerprint density at radius 2 is 1.95 bits per heavy atom. The minimum absolute atomic E-state index is 0.160. The number of nitrogens with two attached hydrogens (primary N) is 1. The fourth-order valence-corrected chi connectivity index (χ4v) is 3.29. The SMILES string of the molecule is CCc1nn(CC)c(CC(N)CCc2ccccc2)c1Br. The topological polar surface area (TPSA) is 43.8 Å². The Balaban J connectivity index is 1.99. The third kappa shape index (κ3) is 4.17. The minimum atomic E-state index is 0.160. The molecule has 0 saturated heterocycles. The van der Waals surface area contributed by atoms with Gasteiger partial charge in [-0.15, -0.1) is 0 Å². The molecule has 0 fully saturated rings. The van der Waals surface area contributed by atoms with Crippen LogP contribution in [-0.4, -0.2) is 15.8 Å².